The van der Waals surface area contributed by atoms with Crippen molar-refractivity contribution in [2.45, 2.75) is 32.0 Å². The molecule has 0 rings (SSSR count). The summed E-state index contributed by atoms with van der Waals surface area (Å²) < 4.78 is 10.4. The van der Waals surface area contributed by atoms with Gasteiger partial charge in [0.25, 0.3) is 0 Å². The highest BCUT2D eigenvalue weighted by Crippen LogP contribution is 2.20. The number of hydrogen-bond donors (Lipinski definition) is 0. The number of unbranched alkanes of at least 4 members (excludes halogenated alkanes) is 1. The molecule has 0 bridgehead atoms. The van der Waals surface area contributed by atoms with Crippen molar-refractivity contribution in [2.24, 2.45) is 0 Å². The van der Waals surface area contributed by atoms with E-state index in [1.165, 1.54) is 0 Å². The molecule has 2 nitrogen and oxygen atoms in total. The minimum atomic E-state index is -0.558. The minimum absolute atomic E-state index is 0.389. The average Bonchev–Trinajstić information content (AvgIpc) is 2.08. The fourth-order valence-corrected chi connectivity index (χ4v) is 1.26. The van der Waals surface area contributed by atoms with Crippen molar-refractivity contribution in [1.82, 2.24) is 0 Å². The molecule has 0 aromatic heterocycles. The van der Waals surface area contributed by atoms with Crippen LogP contribution in [0.4, 0.5) is 0 Å². The second-order valence-corrected chi connectivity index (χ2v) is 2.82. The summed E-state index contributed by atoms with van der Waals surface area (Å²) in [5, 5.41) is 0. The van der Waals surface area contributed by atoms with E-state index in [0.717, 1.165) is 19.3 Å². The molecule has 0 aliphatic rings. The Kier molecular flexibility index (Phi) is 5.92. The van der Waals surface area contributed by atoms with Gasteiger partial charge in [-0.3, -0.25) is 0 Å². The van der Waals surface area contributed by atoms with E-state index in [0.29, 0.717) is 5.88 Å². The highest BCUT2D eigenvalue weighted by Gasteiger charge is 2.27. The quantitative estimate of drug-likeness (QED) is 0.462. The smallest absolute Gasteiger partial charge is 0.181 e. The van der Waals surface area contributed by atoms with Crippen LogP contribution in [0.2, 0.25) is 0 Å². The molecule has 0 unspecified atom stereocenters. The molecule has 0 amide bonds. The Bertz CT molecular complexity index is 83.8. The lowest BCUT2D eigenvalue weighted by Gasteiger charge is -2.28. The molecule has 0 saturated heterocycles. The fourth-order valence-electron chi connectivity index (χ4n) is 0.909. The van der Waals surface area contributed by atoms with Gasteiger partial charge in [-0.1, -0.05) is 13.3 Å². The van der Waals surface area contributed by atoms with Crippen LogP contribution in [0.15, 0.2) is 0 Å². The van der Waals surface area contributed by atoms with E-state index in [1.54, 1.807) is 14.2 Å². The Hall–Kier alpha value is 0.210. The maximum absolute atomic E-state index is 5.71. The molecule has 0 aromatic rings. The van der Waals surface area contributed by atoms with Gasteiger partial charge in [0.15, 0.2) is 5.79 Å². The Morgan fingerprint density at radius 1 is 1.27 bits per heavy atom. The molecule has 0 aromatic carbocycles. The van der Waals surface area contributed by atoms with E-state index in [-0.39, 0.29) is 0 Å². The van der Waals surface area contributed by atoms with Crippen molar-refractivity contribution in [3.05, 3.63) is 0 Å². The third-order valence-electron chi connectivity index (χ3n) is 1.86. The third kappa shape index (κ3) is 3.41. The van der Waals surface area contributed by atoms with Gasteiger partial charge in [0.2, 0.25) is 0 Å². The zero-order valence-corrected chi connectivity index (χ0v) is 8.28. The highest BCUT2D eigenvalue weighted by atomic mass is 35.5. The first-order valence-corrected chi connectivity index (χ1v) is 4.44. The summed E-state index contributed by atoms with van der Waals surface area (Å²) in [6, 6.07) is 0. The number of rotatable bonds is 6. The summed E-state index contributed by atoms with van der Waals surface area (Å²) in [5.41, 5.74) is 0. The van der Waals surface area contributed by atoms with Gasteiger partial charge < -0.3 is 9.47 Å². The number of alkyl halides is 1. The van der Waals surface area contributed by atoms with Crippen LogP contribution in [-0.4, -0.2) is 25.9 Å². The Morgan fingerprint density at radius 2 is 1.82 bits per heavy atom. The molecule has 3 heteroatoms. The van der Waals surface area contributed by atoms with Crippen LogP contribution in [0.5, 0.6) is 0 Å². The fraction of sp³-hybridized carbons (Fsp3) is 1.00. The molecule has 0 radical (unpaired) electrons. The molecule has 0 aliphatic carbocycles. The monoisotopic (exact) mass is 180 g/mol. The summed E-state index contributed by atoms with van der Waals surface area (Å²) >= 11 is 5.71. The summed E-state index contributed by atoms with van der Waals surface area (Å²) in [6.07, 6.45) is 3.07. The molecule has 0 atom stereocenters. The van der Waals surface area contributed by atoms with Crippen LogP contribution in [0.25, 0.3) is 0 Å². The molecule has 0 saturated carbocycles. The van der Waals surface area contributed by atoms with Crippen molar-refractivity contribution in [3.63, 3.8) is 0 Å². The van der Waals surface area contributed by atoms with Crippen molar-refractivity contribution in [1.29, 1.82) is 0 Å². The first-order valence-electron chi connectivity index (χ1n) is 3.91. The second kappa shape index (κ2) is 5.81. The minimum Gasteiger partial charge on any atom is -0.352 e. The average molecular weight is 181 g/mol. The summed E-state index contributed by atoms with van der Waals surface area (Å²) in [4.78, 5) is 0. The van der Waals surface area contributed by atoms with E-state index >= 15 is 0 Å². The van der Waals surface area contributed by atoms with E-state index < -0.39 is 5.79 Å². The highest BCUT2D eigenvalue weighted by molar-refractivity contribution is 6.18. The van der Waals surface area contributed by atoms with E-state index in [1.807, 2.05) is 0 Å². The summed E-state index contributed by atoms with van der Waals surface area (Å²) in [6.45, 7) is 2.13. The zero-order chi connectivity index (χ0) is 8.74. The van der Waals surface area contributed by atoms with Gasteiger partial charge in [0.1, 0.15) is 0 Å². The van der Waals surface area contributed by atoms with Crippen molar-refractivity contribution in [3.8, 4) is 0 Å². The van der Waals surface area contributed by atoms with Crippen molar-refractivity contribution < 1.29 is 9.47 Å². The van der Waals surface area contributed by atoms with Gasteiger partial charge in [-0.05, 0) is 6.42 Å². The maximum Gasteiger partial charge on any atom is 0.181 e. The molecule has 0 heterocycles. The third-order valence-corrected chi connectivity index (χ3v) is 2.27. The van der Waals surface area contributed by atoms with E-state index in [2.05, 4.69) is 6.92 Å². The zero-order valence-electron chi connectivity index (χ0n) is 7.52. The lowest BCUT2D eigenvalue weighted by molar-refractivity contribution is -0.194. The molecule has 11 heavy (non-hydrogen) atoms. The summed E-state index contributed by atoms with van der Waals surface area (Å²) in [5.74, 6) is -0.169. The Balaban J connectivity index is 3.84. The van der Waals surface area contributed by atoms with Crippen LogP contribution in [0.3, 0.4) is 0 Å². The van der Waals surface area contributed by atoms with Crippen LogP contribution < -0.4 is 0 Å². The van der Waals surface area contributed by atoms with Gasteiger partial charge >= 0.3 is 0 Å². The maximum atomic E-state index is 5.71. The Morgan fingerprint density at radius 3 is 2.09 bits per heavy atom. The lowest BCUT2D eigenvalue weighted by atomic mass is 10.1. The second-order valence-electron chi connectivity index (χ2n) is 2.56. The van der Waals surface area contributed by atoms with Crippen LogP contribution in [0.1, 0.15) is 26.2 Å². The number of ether oxygens (including phenoxy) is 2. The van der Waals surface area contributed by atoms with E-state index in [9.17, 15) is 0 Å². The first kappa shape index (κ1) is 11.2. The molecule has 68 valence electrons. The molecular weight excluding hydrogens is 164 g/mol. The van der Waals surface area contributed by atoms with Gasteiger partial charge in [0, 0.05) is 20.6 Å². The summed E-state index contributed by atoms with van der Waals surface area (Å²) in [7, 11) is 3.25. The molecule has 0 aliphatic heterocycles. The Labute approximate surface area is 73.8 Å². The molecule has 0 spiro atoms. The molecule has 0 fully saturated rings. The number of hydrogen-bond acceptors (Lipinski definition) is 2. The van der Waals surface area contributed by atoms with Gasteiger partial charge in [-0.2, -0.15) is 0 Å². The van der Waals surface area contributed by atoms with Gasteiger partial charge in [0.05, 0.1) is 5.88 Å². The molecule has 0 N–H and O–H groups in total. The number of methoxy groups -OCH3 is 2. The topological polar surface area (TPSA) is 18.5 Å². The van der Waals surface area contributed by atoms with Crippen LogP contribution >= 0.6 is 11.6 Å². The normalized spacial score (nSPS) is 12.0. The van der Waals surface area contributed by atoms with Crippen LogP contribution in [0, 0.1) is 0 Å². The predicted molar refractivity (Wildman–Crippen MR) is 47.0 cm³/mol. The predicted octanol–water partition coefficient (Wildman–Crippen LogP) is 2.40. The van der Waals surface area contributed by atoms with Gasteiger partial charge in [-0.25, -0.2) is 0 Å². The lowest BCUT2D eigenvalue weighted by Crippen LogP contribution is -2.35. The standard InChI is InChI=1S/C8H17ClO2/c1-4-5-6-8(7-9,10-2)11-3/h4-7H2,1-3H3. The SMILES string of the molecule is CCCCC(CCl)(OC)OC. The van der Waals surface area contributed by atoms with Crippen LogP contribution in [-0.2, 0) is 9.47 Å². The largest absolute Gasteiger partial charge is 0.352 e. The molecular formula is C8H17ClO2. The van der Waals surface area contributed by atoms with E-state index in [4.69, 9.17) is 21.1 Å². The first-order chi connectivity index (χ1) is 5.24. The van der Waals surface area contributed by atoms with Crippen molar-refractivity contribution in [2.75, 3.05) is 20.1 Å². The van der Waals surface area contributed by atoms with Gasteiger partial charge in [-0.15, -0.1) is 11.6 Å². The van der Waals surface area contributed by atoms with Crippen molar-refractivity contribution >= 4 is 11.6 Å². The number of halogens is 1.